The van der Waals surface area contributed by atoms with Crippen LogP contribution in [0.5, 0.6) is 0 Å². The van der Waals surface area contributed by atoms with Crippen LogP contribution in [0.25, 0.3) is 0 Å². The molecule has 1 fully saturated rings. The highest BCUT2D eigenvalue weighted by molar-refractivity contribution is 6.31. The van der Waals surface area contributed by atoms with Gasteiger partial charge in [-0.05, 0) is 13.0 Å². The Balaban J connectivity index is 1.49. The van der Waals surface area contributed by atoms with Gasteiger partial charge in [-0.1, -0.05) is 29.8 Å². The lowest BCUT2D eigenvalue weighted by molar-refractivity contribution is 0.0689. The highest BCUT2D eigenvalue weighted by atomic mass is 35.5. The third kappa shape index (κ3) is 4.16. The first-order valence-corrected chi connectivity index (χ1v) is 8.92. The van der Waals surface area contributed by atoms with Crippen LogP contribution >= 0.6 is 11.6 Å². The van der Waals surface area contributed by atoms with Gasteiger partial charge in [0.25, 0.3) is 0 Å². The summed E-state index contributed by atoms with van der Waals surface area (Å²) < 4.78 is 2.19. The third-order valence-electron chi connectivity index (χ3n) is 4.67. The normalized spacial score (nSPS) is 18.0. The first kappa shape index (κ1) is 17.4. The van der Waals surface area contributed by atoms with Gasteiger partial charge in [0.1, 0.15) is 5.82 Å². The van der Waals surface area contributed by atoms with Crippen molar-refractivity contribution in [3.05, 3.63) is 53.1 Å². The SMILES string of the molecule is CCn1ccnc1CN1CCN(CC(O)c2ccccc2Cl)CC1. The summed E-state index contributed by atoms with van der Waals surface area (Å²) in [5.41, 5.74) is 0.812. The summed E-state index contributed by atoms with van der Waals surface area (Å²) in [6.45, 7) is 8.50. The molecule has 1 atom stereocenters. The molecule has 1 N–H and O–H groups in total. The standard InChI is InChI=1S/C18H25ClN4O/c1-2-23-8-7-20-18(23)14-22-11-9-21(10-12-22)13-17(24)15-5-3-4-6-16(15)19/h3-8,17,24H,2,9-14H2,1H3. The largest absolute Gasteiger partial charge is 0.387 e. The van der Waals surface area contributed by atoms with Crippen molar-refractivity contribution in [3.8, 4) is 0 Å². The van der Waals surface area contributed by atoms with E-state index in [1.807, 2.05) is 36.7 Å². The van der Waals surface area contributed by atoms with Crippen molar-refractivity contribution in [2.24, 2.45) is 0 Å². The number of hydrogen-bond acceptors (Lipinski definition) is 4. The number of aryl methyl sites for hydroxylation is 1. The molecule has 2 aromatic rings. The second-order valence-corrected chi connectivity index (χ2v) is 6.65. The maximum atomic E-state index is 10.4. The molecule has 6 heteroatoms. The van der Waals surface area contributed by atoms with Crippen LogP contribution in [-0.2, 0) is 13.1 Å². The van der Waals surface area contributed by atoms with Crippen LogP contribution in [0.2, 0.25) is 5.02 Å². The molecule has 1 aliphatic rings. The van der Waals surface area contributed by atoms with Crippen LogP contribution in [-0.4, -0.2) is 57.2 Å². The van der Waals surface area contributed by atoms with Crippen molar-refractivity contribution < 1.29 is 5.11 Å². The molecule has 3 rings (SSSR count). The number of imidazole rings is 1. The molecule has 0 bridgehead atoms. The Morgan fingerprint density at radius 3 is 2.58 bits per heavy atom. The van der Waals surface area contributed by atoms with Crippen LogP contribution in [0.1, 0.15) is 24.4 Å². The van der Waals surface area contributed by atoms with Gasteiger partial charge < -0.3 is 9.67 Å². The molecule has 1 aliphatic heterocycles. The molecule has 0 aliphatic carbocycles. The average Bonchev–Trinajstić information content (AvgIpc) is 3.04. The van der Waals surface area contributed by atoms with Crippen molar-refractivity contribution in [2.45, 2.75) is 26.1 Å². The molecule has 1 saturated heterocycles. The molecule has 0 spiro atoms. The maximum absolute atomic E-state index is 10.4. The van der Waals surface area contributed by atoms with Crippen molar-refractivity contribution in [1.29, 1.82) is 0 Å². The summed E-state index contributed by atoms with van der Waals surface area (Å²) in [7, 11) is 0. The second kappa shape index (κ2) is 8.12. The second-order valence-electron chi connectivity index (χ2n) is 6.24. The molecule has 0 amide bonds. The summed E-state index contributed by atoms with van der Waals surface area (Å²) in [5, 5.41) is 11.1. The molecule has 5 nitrogen and oxygen atoms in total. The molecule has 1 unspecified atom stereocenters. The average molecular weight is 349 g/mol. The monoisotopic (exact) mass is 348 g/mol. The number of rotatable bonds is 6. The fourth-order valence-electron chi connectivity index (χ4n) is 3.20. The Morgan fingerprint density at radius 1 is 1.17 bits per heavy atom. The lowest BCUT2D eigenvalue weighted by Crippen LogP contribution is -2.47. The van der Waals surface area contributed by atoms with Gasteiger partial charge in [0.05, 0.1) is 12.6 Å². The van der Waals surface area contributed by atoms with Crippen LogP contribution in [0.3, 0.4) is 0 Å². The number of aliphatic hydroxyl groups excluding tert-OH is 1. The van der Waals surface area contributed by atoms with E-state index < -0.39 is 6.10 Å². The zero-order chi connectivity index (χ0) is 16.9. The van der Waals surface area contributed by atoms with Gasteiger partial charge in [0.2, 0.25) is 0 Å². The number of piperazine rings is 1. The minimum absolute atomic E-state index is 0.538. The van der Waals surface area contributed by atoms with Gasteiger partial charge in [0.15, 0.2) is 0 Å². The van der Waals surface area contributed by atoms with Crippen LogP contribution < -0.4 is 0 Å². The molecule has 24 heavy (non-hydrogen) atoms. The first-order valence-electron chi connectivity index (χ1n) is 8.54. The van der Waals surface area contributed by atoms with Crippen molar-refractivity contribution in [2.75, 3.05) is 32.7 Å². The molecular formula is C18H25ClN4O. The fourth-order valence-corrected chi connectivity index (χ4v) is 3.46. The van der Waals surface area contributed by atoms with Gasteiger partial charge in [0, 0.05) is 62.2 Å². The Hall–Kier alpha value is -1.40. The summed E-state index contributed by atoms with van der Waals surface area (Å²) in [5.74, 6) is 1.13. The van der Waals surface area contributed by atoms with E-state index in [1.54, 1.807) is 0 Å². The lowest BCUT2D eigenvalue weighted by atomic mass is 10.1. The van der Waals surface area contributed by atoms with Crippen molar-refractivity contribution in [3.63, 3.8) is 0 Å². The van der Waals surface area contributed by atoms with E-state index >= 15 is 0 Å². The van der Waals surface area contributed by atoms with Gasteiger partial charge >= 0.3 is 0 Å². The van der Waals surface area contributed by atoms with Crippen molar-refractivity contribution >= 4 is 11.6 Å². The predicted molar refractivity (Wildman–Crippen MR) is 96.0 cm³/mol. The quantitative estimate of drug-likeness (QED) is 0.870. The molecule has 0 saturated carbocycles. The van der Waals surface area contributed by atoms with E-state index in [-0.39, 0.29) is 0 Å². The Bertz CT molecular complexity index is 652. The number of halogens is 1. The summed E-state index contributed by atoms with van der Waals surface area (Å²) >= 11 is 6.17. The smallest absolute Gasteiger partial charge is 0.122 e. The van der Waals surface area contributed by atoms with Gasteiger partial charge in [-0.25, -0.2) is 4.98 Å². The van der Waals surface area contributed by atoms with E-state index in [4.69, 9.17) is 11.6 Å². The third-order valence-corrected chi connectivity index (χ3v) is 5.01. The molecule has 0 radical (unpaired) electrons. The number of benzene rings is 1. The minimum Gasteiger partial charge on any atom is -0.387 e. The van der Waals surface area contributed by atoms with Crippen LogP contribution in [0, 0.1) is 0 Å². The predicted octanol–water partition coefficient (Wildman–Crippen LogP) is 2.41. The zero-order valence-corrected chi connectivity index (χ0v) is 14.9. The van der Waals surface area contributed by atoms with E-state index in [1.165, 1.54) is 0 Å². The molecular weight excluding hydrogens is 324 g/mol. The Labute approximate surface area is 148 Å². The number of hydrogen-bond donors (Lipinski definition) is 1. The number of aliphatic hydroxyl groups is 1. The maximum Gasteiger partial charge on any atom is 0.122 e. The van der Waals surface area contributed by atoms with Crippen molar-refractivity contribution in [1.82, 2.24) is 19.4 Å². The fraction of sp³-hybridized carbons (Fsp3) is 0.500. The van der Waals surface area contributed by atoms with Gasteiger partial charge in [-0.2, -0.15) is 0 Å². The molecule has 1 aromatic carbocycles. The molecule has 130 valence electrons. The van der Waals surface area contributed by atoms with E-state index in [2.05, 4.69) is 26.3 Å². The Morgan fingerprint density at radius 2 is 1.88 bits per heavy atom. The van der Waals surface area contributed by atoms with E-state index in [9.17, 15) is 5.11 Å². The number of aromatic nitrogens is 2. The minimum atomic E-state index is -0.538. The highest BCUT2D eigenvalue weighted by Gasteiger charge is 2.21. The first-order chi connectivity index (χ1) is 11.7. The summed E-state index contributed by atoms with van der Waals surface area (Å²) in [4.78, 5) is 9.18. The summed E-state index contributed by atoms with van der Waals surface area (Å²) in [6, 6.07) is 7.53. The number of β-amino-alcohol motifs (C(OH)–C–C–N with tert-alkyl or cyclic N) is 1. The lowest BCUT2D eigenvalue weighted by Gasteiger charge is -2.35. The van der Waals surface area contributed by atoms with E-state index in [0.717, 1.165) is 50.7 Å². The molecule has 2 heterocycles. The highest BCUT2D eigenvalue weighted by Crippen LogP contribution is 2.23. The summed E-state index contributed by atoms with van der Waals surface area (Å²) in [6.07, 6.45) is 3.37. The van der Waals surface area contributed by atoms with E-state index in [0.29, 0.717) is 11.6 Å². The Kier molecular flexibility index (Phi) is 5.89. The zero-order valence-electron chi connectivity index (χ0n) is 14.1. The van der Waals surface area contributed by atoms with Crippen LogP contribution in [0.15, 0.2) is 36.7 Å². The van der Waals surface area contributed by atoms with Crippen LogP contribution in [0.4, 0.5) is 0 Å². The van der Waals surface area contributed by atoms with Gasteiger partial charge in [-0.15, -0.1) is 0 Å². The molecule has 1 aromatic heterocycles. The number of nitrogens with zero attached hydrogens (tertiary/aromatic N) is 4. The topological polar surface area (TPSA) is 44.5 Å². The van der Waals surface area contributed by atoms with Gasteiger partial charge in [-0.3, -0.25) is 9.80 Å².